The van der Waals surface area contributed by atoms with Gasteiger partial charge in [-0.1, -0.05) is 6.92 Å². The first-order valence-corrected chi connectivity index (χ1v) is 3.38. The third-order valence-electron chi connectivity index (χ3n) is 1.80. The summed E-state index contributed by atoms with van der Waals surface area (Å²) in [5.41, 5.74) is 5.67. The number of hydrogen-bond donors (Lipinski definition) is 2. The highest BCUT2D eigenvalue weighted by Crippen LogP contribution is 2.07. The number of piperidine rings is 1. The normalized spacial score (nSPS) is 39.8. The Balaban J connectivity index is 2.23. The average molecular weight is 115 g/mol. The summed E-state index contributed by atoms with van der Waals surface area (Å²) < 4.78 is 0. The molecule has 0 amide bonds. The molecule has 1 heterocycles. The molecule has 2 heteroatoms. The number of quaternary nitrogens is 1. The van der Waals surface area contributed by atoms with Crippen molar-refractivity contribution < 1.29 is 5.32 Å². The molecule has 0 aromatic rings. The monoisotopic (exact) mass is 115 g/mol. The predicted molar refractivity (Wildman–Crippen MR) is 33.2 cm³/mol. The van der Waals surface area contributed by atoms with Crippen LogP contribution in [-0.4, -0.2) is 12.7 Å². The molecule has 0 radical (unpaired) electrons. The van der Waals surface area contributed by atoms with E-state index in [0.29, 0.717) is 6.17 Å². The Kier molecular flexibility index (Phi) is 1.86. The molecule has 1 fully saturated rings. The maximum Gasteiger partial charge on any atom is 0.137 e. The molecule has 0 saturated carbocycles. The molecule has 0 aliphatic carbocycles. The third-order valence-corrected chi connectivity index (χ3v) is 1.80. The SMILES string of the molecule is CC1CC[NH2+]C(N)C1. The second kappa shape index (κ2) is 2.46. The van der Waals surface area contributed by atoms with E-state index in [1.165, 1.54) is 19.4 Å². The number of hydrogen-bond acceptors (Lipinski definition) is 1. The number of rotatable bonds is 0. The zero-order chi connectivity index (χ0) is 5.98. The van der Waals surface area contributed by atoms with Gasteiger partial charge in [-0.3, -0.25) is 5.73 Å². The van der Waals surface area contributed by atoms with Gasteiger partial charge in [-0.05, 0) is 12.3 Å². The summed E-state index contributed by atoms with van der Waals surface area (Å²) in [6.45, 7) is 3.50. The smallest absolute Gasteiger partial charge is 0.137 e. The third kappa shape index (κ3) is 1.46. The predicted octanol–water partition coefficient (Wildman–Crippen LogP) is -0.735. The van der Waals surface area contributed by atoms with E-state index in [1.54, 1.807) is 0 Å². The van der Waals surface area contributed by atoms with Crippen LogP contribution >= 0.6 is 0 Å². The highest BCUT2D eigenvalue weighted by Gasteiger charge is 2.16. The summed E-state index contributed by atoms with van der Waals surface area (Å²) in [5.74, 6) is 0.856. The van der Waals surface area contributed by atoms with Gasteiger partial charge >= 0.3 is 0 Å². The fraction of sp³-hybridized carbons (Fsp3) is 1.00. The van der Waals surface area contributed by atoms with E-state index >= 15 is 0 Å². The van der Waals surface area contributed by atoms with Crippen molar-refractivity contribution in [2.45, 2.75) is 25.9 Å². The summed E-state index contributed by atoms with van der Waals surface area (Å²) in [6, 6.07) is 0. The van der Waals surface area contributed by atoms with Gasteiger partial charge in [-0.25, -0.2) is 0 Å². The fourth-order valence-corrected chi connectivity index (χ4v) is 1.27. The second-order valence-electron chi connectivity index (χ2n) is 2.82. The van der Waals surface area contributed by atoms with Crippen molar-refractivity contribution in [1.29, 1.82) is 0 Å². The van der Waals surface area contributed by atoms with Gasteiger partial charge in [0.05, 0.1) is 6.54 Å². The lowest BCUT2D eigenvalue weighted by Gasteiger charge is -2.21. The van der Waals surface area contributed by atoms with E-state index in [9.17, 15) is 0 Å². The van der Waals surface area contributed by atoms with Crippen molar-refractivity contribution in [1.82, 2.24) is 0 Å². The largest absolute Gasteiger partial charge is 0.332 e. The second-order valence-corrected chi connectivity index (χ2v) is 2.82. The lowest BCUT2D eigenvalue weighted by molar-refractivity contribution is -0.699. The molecule has 0 aromatic carbocycles. The Morgan fingerprint density at radius 1 is 1.62 bits per heavy atom. The van der Waals surface area contributed by atoms with E-state index in [2.05, 4.69) is 12.2 Å². The molecule has 4 N–H and O–H groups in total. The van der Waals surface area contributed by atoms with E-state index in [4.69, 9.17) is 5.73 Å². The zero-order valence-electron chi connectivity index (χ0n) is 5.43. The summed E-state index contributed by atoms with van der Waals surface area (Å²) in [7, 11) is 0. The van der Waals surface area contributed by atoms with Gasteiger partial charge in [0.2, 0.25) is 0 Å². The minimum Gasteiger partial charge on any atom is -0.332 e. The molecule has 2 nitrogen and oxygen atoms in total. The van der Waals surface area contributed by atoms with Crippen LogP contribution in [0.1, 0.15) is 19.8 Å². The molecule has 1 saturated heterocycles. The molecule has 0 spiro atoms. The molecule has 0 bridgehead atoms. The molecule has 1 rings (SSSR count). The Morgan fingerprint density at radius 2 is 2.38 bits per heavy atom. The van der Waals surface area contributed by atoms with Gasteiger partial charge in [0.15, 0.2) is 0 Å². The van der Waals surface area contributed by atoms with Crippen LogP contribution in [0.3, 0.4) is 0 Å². The van der Waals surface area contributed by atoms with Crippen LogP contribution in [0, 0.1) is 5.92 Å². The Hall–Kier alpha value is -0.0800. The first-order chi connectivity index (χ1) is 3.79. The quantitative estimate of drug-likeness (QED) is 0.429. The summed E-state index contributed by atoms with van der Waals surface area (Å²) in [6.07, 6.45) is 2.92. The highest BCUT2D eigenvalue weighted by atomic mass is 15.0. The summed E-state index contributed by atoms with van der Waals surface area (Å²) in [5, 5.41) is 2.22. The van der Waals surface area contributed by atoms with E-state index < -0.39 is 0 Å². The van der Waals surface area contributed by atoms with Crippen molar-refractivity contribution in [3.8, 4) is 0 Å². The molecular formula is C6H15N2+. The lowest BCUT2D eigenvalue weighted by Crippen LogP contribution is -2.94. The molecule has 0 aromatic heterocycles. The van der Waals surface area contributed by atoms with Crippen molar-refractivity contribution in [3.63, 3.8) is 0 Å². The van der Waals surface area contributed by atoms with Crippen molar-refractivity contribution >= 4 is 0 Å². The highest BCUT2D eigenvalue weighted by molar-refractivity contribution is 4.58. The van der Waals surface area contributed by atoms with Crippen LogP contribution in [0.5, 0.6) is 0 Å². The zero-order valence-corrected chi connectivity index (χ0v) is 5.43. The minimum atomic E-state index is 0.388. The van der Waals surface area contributed by atoms with Crippen molar-refractivity contribution in [2.75, 3.05) is 6.54 Å². The first kappa shape index (κ1) is 6.05. The molecule has 1 aliphatic heterocycles. The van der Waals surface area contributed by atoms with Crippen molar-refractivity contribution in [2.24, 2.45) is 11.7 Å². The summed E-state index contributed by atoms with van der Waals surface area (Å²) in [4.78, 5) is 0. The van der Waals surface area contributed by atoms with Crippen LogP contribution < -0.4 is 11.1 Å². The Morgan fingerprint density at radius 3 is 2.75 bits per heavy atom. The van der Waals surface area contributed by atoms with E-state index in [-0.39, 0.29) is 0 Å². The van der Waals surface area contributed by atoms with Crippen molar-refractivity contribution in [3.05, 3.63) is 0 Å². The van der Waals surface area contributed by atoms with Gasteiger partial charge < -0.3 is 5.32 Å². The Labute approximate surface area is 50.4 Å². The molecule has 2 atom stereocenters. The minimum absolute atomic E-state index is 0.388. The standard InChI is InChI=1S/C6H14N2/c1-5-2-3-8-6(7)4-5/h5-6,8H,2-4,7H2,1H3/p+1. The van der Waals surface area contributed by atoms with Crippen LogP contribution in [0.25, 0.3) is 0 Å². The molecule has 48 valence electrons. The molecular weight excluding hydrogens is 100 g/mol. The fourth-order valence-electron chi connectivity index (χ4n) is 1.27. The lowest BCUT2D eigenvalue weighted by atomic mass is 9.99. The maximum atomic E-state index is 5.67. The topological polar surface area (TPSA) is 42.6 Å². The van der Waals surface area contributed by atoms with Gasteiger partial charge in [0.1, 0.15) is 6.17 Å². The Bertz CT molecular complexity index is 64.9. The van der Waals surface area contributed by atoms with Crippen LogP contribution in [0.15, 0.2) is 0 Å². The van der Waals surface area contributed by atoms with Gasteiger partial charge in [0, 0.05) is 6.42 Å². The van der Waals surface area contributed by atoms with E-state index in [1.807, 2.05) is 0 Å². The van der Waals surface area contributed by atoms with Crippen LogP contribution in [-0.2, 0) is 0 Å². The molecule has 8 heavy (non-hydrogen) atoms. The van der Waals surface area contributed by atoms with E-state index in [0.717, 1.165) is 5.92 Å². The van der Waals surface area contributed by atoms with Gasteiger partial charge in [0.25, 0.3) is 0 Å². The first-order valence-electron chi connectivity index (χ1n) is 3.38. The van der Waals surface area contributed by atoms with Crippen LogP contribution in [0.4, 0.5) is 0 Å². The van der Waals surface area contributed by atoms with Gasteiger partial charge in [-0.15, -0.1) is 0 Å². The van der Waals surface area contributed by atoms with Crippen LogP contribution in [0.2, 0.25) is 0 Å². The maximum absolute atomic E-state index is 5.67. The average Bonchev–Trinajstić information content (AvgIpc) is 1.64. The molecule has 1 aliphatic rings. The number of nitrogens with two attached hydrogens (primary N) is 2. The van der Waals surface area contributed by atoms with Gasteiger partial charge in [-0.2, -0.15) is 0 Å². The summed E-state index contributed by atoms with van der Waals surface area (Å²) >= 11 is 0. The molecule has 2 unspecified atom stereocenters.